The summed E-state index contributed by atoms with van der Waals surface area (Å²) in [6, 6.07) is 1.19. The molecule has 0 radical (unpaired) electrons. The molecule has 0 saturated heterocycles. The zero-order chi connectivity index (χ0) is 8.59. The van der Waals surface area contributed by atoms with Crippen molar-refractivity contribution in [1.29, 1.82) is 0 Å². The summed E-state index contributed by atoms with van der Waals surface area (Å²) in [5.74, 6) is -1.66. The van der Waals surface area contributed by atoms with Gasteiger partial charge in [0, 0.05) is 0 Å². The van der Waals surface area contributed by atoms with Gasteiger partial charge in [0.15, 0.2) is 5.82 Å². The first-order valence-corrected chi connectivity index (χ1v) is 3.59. The van der Waals surface area contributed by atoms with Crippen molar-refractivity contribution >= 4 is 23.2 Å². The monoisotopic (exact) mass is 196 g/mol. The van der Waals surface area contributed by atoms with E-state index in [1.54, 1.807) is 0 Å². The highest BCUT2D eigenvalue weighted by atomic mass is 35.5. The third-order valence-electron chi connectivity index (χ3n) is 1.28. The van der Waals surface area contributed by atoms with Gasteiger partial charge in [-0.3, -0.25) is 0 Å². The number of hydrogen-bond acceptors (Lipinski definition) is 0. The van der Waals surface area contributed by atoms with Crippen molar-refractivity contribution in [2.75, 3.05) is 0 Å². The minimum atomic E-state index is -0.906. The number of hydrogen-bond donors (Lipinski definition) is 0. The molecule has 0 nitrogen and oxygen atoms in total. The van der Waals surface area contributed by atoms with Crippen molar-refractivity contribution in [3.05, 3.63) is 33.3 Å². The maximum absolute atomic E-state index is 12.7. The van der Waals surface area contributed by atoms with Crippen LogP contribution in [0.4, 0.5) is 8.78 Å². The van der Waals surface area contributed by atoms with Gasteiger partial charge in [-0.05, 0) is 18.6 Å². The van der Waals surface area contributed by atoms with Crippen molar-refractivity contribution in [3.63, 3.8) is 0 Å². The lowest BCUT2D eigenvalue weighted by molar-refractivity contribution is 0.578. The van der Waals surface area contributed by atoms with Crippen molar-refractivity contribution in [1.82, 2.24) is 0 Å². The van der Waals surface area contributed by atoms with Crippen molar-refractivity contribution in [3.8, 4) is 0 Å². The molecular formula is C7H4Cl2F2. The Morgan fingerprint density at radius 3 is 2.27 bits per heavy atom. The zero-order valence-corrected chi connectivity index (χ0v) is 7.10. The molecule has 0 atom stereocenters. The molecule has 0 bridgehead atoms. The van der Waals surface area contributed by atoms with E-state index in [2.05, 4.69) is 0 Å². The highest BCUT2D eigenvalue weighted by Crippen LogP contribution is 2.27. The third-order valence-corrected chi connectivity index (χ3v) is 1.89. The van der Waals surface area contributed by atoms with Gasteiger partial charge in [0.2, 0.25) is 0 Å². The van der Waals surface area contributed by atoms with Crippen LogP contribution in [-0.4, -0.2) is 0 Å². The molecule has 0 N–H and O–H groups in total. The first-order valence-electron chi connectivity index (χ1n) is 2.83. The Hall–Kier alpha value is -0.340. The number of aryl methyl sites for hydroxylation is 1. The van der Waals surface area contributed by atoms with Crippen LogP contribution < -0.4 is 0 Å². The van der Waals surface area contributed by atoms with Crippen molar-refractivity contribution in [2.45, 2.75) is 6.92 Å². The van der Waals surface area contributed by atoms with E-state index in [1.807, 2.05) is 0 Å². The highest BCUT2D eigenvalue weighted by molar-refractivity contribution is 6.35. The quantitative estimate of drug-likeness (QED) is 0.440. The van der Waals surface area contributed by atoms with Gasteiger partial charge in [0.25, 0.3) is 0 Å². The predicted octanol–water partition coefficient (Wildman–Crippen LogP) is 3.58. The SMILES string of the molecule is Cc1cc(Cl)c(F)c(Cl)c1F. The minimum Gasteiger partial charge on any atom is -0.205 e. The predicted molar refractivity (Wildman–Crippen MR) is 41.1 cm³/mol. The Kier molecular flexibility index (Phi) is 2.35. The van der Waals surface area contributed by atoms with Gasteiger partial charge in [0.05, 0.1) is 5.02 Å². The third kappa shape index (κ3) is 1.47. The zero-order valence-electron chi connectivity index (χ0n) is 5.59. The van der Waals surface area contributed by atoms with E-state index in [1.165, 1.54) is 13.0 Å². The summed E-state index contributed by atoms with van der Waals surface area (Å²) in [6.45, 7) is 1.46. The molecule has 0 saturated carbocycles. The molecule has 4 heteroatoms. The van der Waals surface area contributed by atoms with Gasteiger partial charge < -0.3 is 0 Å². The minimum absolute atomic E-state index is 0.158. The maximum atomic E-state index is 12.7. The van der Waals surface area contributed by atoms with Crippen LogP contribution in [0.5, 0.6) is 0 Å². The number of halogens is 4. The molecule has 0 aliphatic heterocycles. The largest absolute Gasteiger partial charge is 0.205 e. The average molecular weight is 197 g/mol. The van der Waals surface area contributed by atoms with Crippen LogP contribution in [0.15, 0.2) is 6.07 Å². The van der Waals surface area contributed by atoms with Crippen molar-refractivity contribution in [2.24, 2.45) is 0 Å². The lowest BCUT2D eigenvalue weighted by Gasteiger charge is -2.01. The fraction of sp³-hybridized carbons (Fsp3) is 0.143. The molecule has 0 spiro atoms. The van der Waals surface area contributed by atoms with Crippen molar-refractivity contribution < 1.29 is 8.78 Å². The summed E-state index contributed by atoms with van der Waals surface area (Å²) in [7, 11) is 0. The standard InChI is InChI=1S/C7H4Cl2F2/c1-3-2-4(8)7(11)5(9)6(3)10/h2H,1H3. The Morgan fingerprint density at radius 2 is 1.73 bits per heavy atom. The normalized spacial score (nSPS) is 10.3. The Morgan fingerprint density at radius 1 is 1.18 bits per heavy atom. The average Bonchev–Trinajstić information content (AvgIpc) is 1.97. The molecule has 60 valence electrons. The second-order valence-electron chi connectivity index (χ2n) is 2.12. The first kappa shape index (κ1) is 8.75. The molecule has 1 rings (SSSR count). The van der Waals surface area contributed by atoms with E-state index in [0.29, 0.717) is 0 Å². The van der Waals surface area contributed by atoms with Crippen LogP contribution in [0.1, 0.15) is 5.56 Å². The molecule has 0 aliphatic carbocycles. The Bertz CT molecular complexity index is 271. The maximum Gasteiger partial charge on any atom is 0.163 e. The fourth-order valence-electron chi connectivity index (χ4n) is 0.691. The molecule has 0 aromatic heterocycles. The first-order chi connectivity index (χ1) is 5.04. The van der Waals surface area contributed by atoms with Gasteiger partial charge in [-0.2, -0.15) is 0 Å². The van der Waals surface area contributed by atoms with Crippen LogP contribution in [-0.2, 0) is 0 Å². The summed E-state index contributed by atoms with van der Waals surface area (Å²) >= 11 is 10.6. The smallest absolute Gasteiger partial charge is 0.163 e. The molecule has 1 aromatic rings. The molecule has 11 heavy (non-hydrogen) atoms. The van der Waals surface area contributed by atoms with E-state index < -0.39 is 16.7 Å². The molecular weight excluding hydrogens is 193 g/mol. The van der Waals surface area contributed by atoms with Gasteiger partial charge in [-0.25, -0.2) is 8.78 Å². The van der Waals surface area contributed by atoms with E-state index in [9.17, 15) is 8.78 Å². The number of benzene rings is 1. The van der Waals surface area contributed by atoms with E-state index >= 15 is 0 Å². The summed E-state index contributed by atoms with van der Waals surface area (Å²) in [5.41, 5.74) is 0.237. The topological polar surface area (TPSA) is 0 Å². The molecule has 0 unspecified atom stereocenters. The van der Waals surface area contributed by atoms with E-state index in [0.717, 1.165) is 0 Å². The van der Waals surface area contributed by atoms with Gasteiger partial charge in [-0.1, -0.05) is 23.2 Å². The number of rotatable bonds is 0. The Balaban J connectivity index is 3.46. The second-order valence-corrected chi connectivity index (χ2v) is 2.90. The lowest BCUT2D eigenvalue weighted by Crippen LogP contribution is -1.89. The molecule has 0 heterocycles. The van der Waals surface area contributed by atoms with Gasteiger partial charge >= 0.3 is 0 Å². The van der Waals surface area contributed by atoms with Crippen LogP contribution in [0.25, 0.3) is 0 Å². The molecule has 0 amide bonds. The summed E-state index contributed by atoms with van der Waals surface area (Å²) in [6.07, 6.45) is 0. The van der Waals surface area contributed by atoms with E-state index in [-0.39, 0.29) is 10.6 Å². The summed E-state index contributed by atoms with van der Waals surface area (Å²) in [5, 5.41) is -0.705. The van der Waals surface area contributed by atoms with Gasteiger partial charge in [-0.15, -0.1) is 0 Å². The molecule has 0 fully saturated rings. The molecule has 1 aromatic carbocycles. The fourth-order valence-corrected chi connectivity index (χ4v) is 1.25. The molecule has 0 aliphatic rings. The van der Waals surface area contributed by atoms with Gasteiger partial charge in [0.1, 0.15) is 10.8 Å². The highest BCUT2D eigenvalue weighted by Gasteiger charge is 2.12. The lowest BCUT2D eigenvalue weighted by atomic mass is 10.2. The van der Waals surface area contributed by atoms with Crippen LogP contribution in [0.3, 0.4) is 0 Å². The Labute approximate surface area is 72.7 Å². The van der Waals surface area contributed by atoms with Crippen LogP contribution in [0.2, 0.25) is 10.0 Å². The van der Waals surface area contributed by atoms with Crippen LogP contribution >= 0.6 is 23.2 Å². The second kappa shape index (κ2) is 2.95. The summed E-state index contributed by atoms with van der Waals surface area (Å²) in [4.78, 5) is 0. The van der Waals surface area contributed by atoms with E-state index in [4.69, 9.17) is 23.2 Å². The van der Waals surface area contributed by atoms with Crippen LogP contribution in [0, 0.1) is 18.6 Å². The summed E-state index contributed by atoms with van der Waals surface area (Å²) < 4.78 is 25.4.